The first-order chi connectivity index (χ1) is 8.15. The van der Waals surface area contributed by atoms with Gasteiger partial charge < -0.3 is 15.4 Å². The van der Waals surface area contributed by atoms with Crippen LogP contribution in [0.5, 0.6) is 0 Å². The van der Waals surface area contributed by atoms with E-state index in [2.05, 4.69) is 0 Å². The summed E-state index contributed by atoms with van der Waals surface area (Å²) in [4.78, 5) is 25.6. The number of rotatable bonds is 1. The lowest BCUT2D eigenvalue weighted by molar-refractivity contribution is -0.155. The Kier molecular flexibility index (Phi) is 3.93. The Hall–Kier alpha value is -0.750. The molecule has 2 rings (SSSR count). The molecule has 2 aliphatic heterocycles. The van der Waals surface area contributed by atoms with Crippen molar-refractivity contribution in [3.8, 4) is 0 Å². The fraction of sp³-hybridized carbons (Fsp3) is 0.818. The third-order valence-corrected chi connectivity index (χ3v) is 4.68. The van der Waals surface area contributed by atoms with Gasteiger partial charge in [0.1, 0.15) is 6.04 Å². The summed E-state index contributed by atoms with van der Waals surface area (Å²) in [6.07, 6.45) is 3.26. The van der Waals surface area contributed by atoms with Crippen molar-refractivity contribution < 1.29 is 14.3 Å². The van der Waals surface area contributed by atoms with E-state index in [1.54, 1.807) is 16.7 Å². The second kappa shape index (κ2) is 5.27. The van der Waals surface area contributed by atoms with E-state index in [9.17, 15) is 9.59 Å². The van der Waals surface area contributed by atoms with Crippen molar-refractivity contribution in [2.75, 3.05) is 12.9 Å². The summed E-state index contributed by atoms with van der Waals surface area (Å²) in [5.41, 5.74) is 5.83. The number of methoxy groups -OCH3 is 1. The van der Waals surface area contributed by atoms with Gasteiger partial charge in [0.15, 0.2) is 0 Å². The molecule has 2 aliphatic rings. The Labute approximate surface area is 105 Å². The molecule has 2 fully saturated rings. The predicted molar refractivity (Wildman–Crippen MR) is 65.3 cm³/mol. The van der Waals surface area contributed by atoms with Crippen LogP contribution in [0.3, 0.4) is 0 Å². The minimum Gasteiger partial charge on any atom is -0.467 e. The van der Waals surface area contributed by atoms with E-state index in [4.69, 9.17) is 10.5 Å². The van der Waals surface area contributed by atoms with Gasteiger partial charge >= 0.3 is 5.97 Å². The SMILES string of the molecule is COC(=O)C1CCC[C@@H]2SCCC(N)C(=O)N12. The number of carbonyl (C=O) groups excluding carboxylic acids is 2. The van der Waals surface area contributed by atoms with Crippen molar-refractivity contribution in [1.29, 1.82) is 0 Å². The van der Waals surface area contributed by atoms with Crippen LogP contribution in [-0.2, 0) is 14.3 Å². The van der Waals surface area contributed by atoms with Gasteiger partial charge in [-0.1, -0.05) is 0 Å². The van der Waals surface area contributed by atoms with E-state index in [1.807, 2.05) is 0 Å². The van der Waals surface area contributed by atoms with Crippen molar-refractivity contribution in [3.05, 3.63) is 0 Å². The minimum absolute atomic E-state index is 0.0916. The molecule has 0 saturated carbocycles. The molecule has 17 heavy (non-hydrogen) atoms. The number of esters is 1. The molecule has 0 spiro atoms. The highest BCUT2D eigenvalue weighted by atomic mass is 32.2. The van der Waals surface area contributed by atoms with Gasteiger partial charge in [-0.25, -0.2) is 4.79 Å². The lowest BCUT2D eigenvalue weighted by Crippen LogP contribution is -2.55. The summed E-state index contributed by atoms with van der Waals surface area (Å²) >= 11 is 1.72. The van der Waals surface area contributed by atoms with Gasteiger partial charge in [0.05, 0.1) is 18.5 Å². The molecular formula is C11H18N2O3S. The molecule has 0 aromatic heterocycles. The fourth-order valence-electron chi connectivity index (χ4n) is 2.44. The van der Waals surface area contributed by atoms with E-state index >= 15 is 0 Å². The third-order valence-electron chi connectivity index (χ3n) is 3.36. The largest absolute Gasteiger partial charge is 0.467 e. The van der Waals surface area contributed by atoms with Crippen molar-refractivity contribution in [2.45, 2.75) is 43.1 Å². The average molecular weight is 258 g/mol. The highest BCUT2D eigenvalue weighted by Gasteiger charge is 2.42. The van der Waals surface area contributed by atoms with E-state index in [1.165, 1.54) is 7.11 Å². The van der Waals surface area contributed by atoms with Crippen molar-refractivity contribution in [2.24, 2.45) is 5.73 Å². The Morgan fingerprint density at radius 3 is 2.94 bits per heavy atom. The molecule has 96 valence electrons. The molecule has 0 bridgehead atoms. The molecular weight excluding hydrogens is 240 g/mol. The number of nitrogens with zero attached hydrogens (tertiary/aromatic N) is 1. The van der Waals surface area contributed by atoms with Crippen LogP contribution in [0.2, 0.25) is 0 Å². The van der Waals surface area contributed by atoms with E-state index in [0.717, 1.165) is 18.6 Å². The summed E-state index contributed by atoms with van der Waals surface area (Å²) < 4.78 is 4.78. The Morgan fingerprint density at radius 1 is 1.47 bits per heavy atom. The summed E-state index contributed by atoms with van der Waals surface area (Å²) in [5.74, 6) is 0.454. The highest BCUT2D eigenvalue weighted by Crippen LogP contribution is 2.34. The maximum absolute atomic E-state index is 12.2. The van der Waals surface area contributed by atoms with Gasteiger partial charge in [-0.05, 0) is 31.4 Å². The molecule has 2 heterocycles. The van der Waals surface area contributed by atoms with E-state index < -0.39 is 12.1 Å². The number of carbonyl (C=O) groups is 2. The van der Waals surface area contributed by atoms with Crippen molar-refractivity contribution in [3.63, 3.8) is 0 Å². The highest BCUT2D eigenvalue weighted by molar-refractivity contribution is 7.99. The van der Waals surface area contributed by atoms with Gasteiger partial charge in [-0.3, -0.25) is 4.79 Å². The number of ether oxygens (including phenoxy) is 1. The maximum atomic E-state index is 12.2. The van der Waals surface area contributed by atoms with Crippen LogP contribution < -0.4 is 5.73 Å². The monoisotopic (exact) mass is 258 g/mol. The zero-order valence-corrected chi connectivity index (χ0v) is 10.7. The number of fused-ring (bicyclic) bond motifs is 1. The quantitative estimate of drug-likeness (QED) is 0.686. The molecule has 3 atom stereocenters. The number of amides is 1. The van der Waals surface area contributed by atoms with Gasteiger partial charge in [-0.2, -0.15) is 0 Å². The average Bonchev–Trinajstić information content (AvgIpc) is 2.49. The van der Waals surface area contributed by atoms with Crippen LogP contribution in [0.25, 0.3) is 0 Å². The van der Waals surface area contributed by atoms with Gasteiger partial charge in [0.25, 0.3) is 0 Å². The van der Waals surface area contributed by atoms with Gasteiger partial charge in [-0.15, -0.1) is 11.8 Å². The van der Waals surface area contributed by atoms with Gasteiger partial charge in [0.2, 0.25) is 5.91 Å². The van der Waals surface area contributed by atoms with Crippen molar-refractivity contribution >= 4 is 23.6 Å². The second-order valence-corrected chi connectivity index (χ2v) is 5.72. The standard InChI is InChI=1S/C11H18N2O3S/c1-16-11(15)8-3-2-4-9-13(8)10(14)7(12)5-6-17-9/h7-9H,2-6,12H2,1H3/t7?,8?,9-/m0/s1. The zero-order valence-electron chi connectivity index (χ0n) is 9.93. The van der Waals surface area contributed by atoms with Crippen LogP contribution in [-0.4, -0.2) is 47.1 Å². The molecule has 2 saturated heterocycles. The maximum Gasteiger partial charge on any atom is 0.328 e. The normalized spacial score (nSPS) is 33.9. The molecule has 0 aromatic rings. The summed E-state index contributed by atoms with van der Waals surface area (Å²) in [5, 5.41) is 0.0916. The summed E-state index contributed by atoms with van der Waals surface area (Å²) in [6.45, 7) is 0. The van der Waals surface area contributed by atoms with Crippen molar-refractivity contribution in [1.82, 2.24) is 4.90 Å². The van der Waals surface area contributed by atoms with E-state index in [0.29, 0.717) is 12.8 Å². The van der Waals surface area contributed by atoms with Crippen LogP contribution in [0.15, 0.2) is 0 Å². The second-order valence-electron chi connectivity index (χ2n) is 4.44. The van der Waals surface area contributed by atoms with Crippen LogP contribution in [0.4, 0.5) is 0 Å². The summed E-state index contributed by atoms with van der Waals surface area (Å²) in [7, 11) is 1.36. The topological polar surface area (TPSA) is 72.6 Å². The zero-order chi connectivity index (χ0) is 12.4. The first kappa shape index (κ1) is 12.7. The molecule has 2 N–H and O–H groups in total. The number of thioether (sulfide) groups is 1. The molecule has 2 unspecified atom stereocenters. The van der Waals surface area contributed by atoms with Crippen LogP contribution in [0, 0.1) is 0 Å². The van der Waals surface area contributed by atoms with Crippen LogP contribution in [0.1, 0.15) is 25.7 Å². The lowest BCUT2D eigenvalue weighted by Gasteiger charge is -2.39. The fourth-order valence-corrected chi connectivity index (χ4v) is 3.84. The number of hydrogen-bond donors (Lipinski definition) is 1. The first-order valence-corrected chi connectivity index (χ1v) is 6.97. The lowest BCUT2D eigenvalue weighted by atomic mass is 10.0. The number of hydrogen-bond acceptors (Lipinski definition) is 5. The predicted octanol–water partition coefficient (Wildman–Crippen LogP) is 0.331. The summed E-state index contributed by atoms with van der Waals surface area (Å²) in [6, 6.07) is -0.916. The number of nitrogens with two attached hydrogens (primary N) is 1. The molecule has 6 heteroatoms. The Balaban J connectivity index is 2.23. The smallest absolute Gasteiger partial charge is 0.328 e. The molecule has 0 radical (unpaired) electrons. The van der Waals surface area contributed by atoms with Gasteiger partial charge in [0, 0.05) is 0 Å². The third kappa shape index (κ3) is 2.42. The minimum atomic E-state index is -0.474. The Morgan fingerprint density at radius 2 is 2.24 bits per heavy atom. The molecule has 5 nitrogen and oxygen atoms in total. The molecule has 0 aliphatic carbocycles. The first-order valence-electron chi connectivity index (χ1n) is 5.92. The molecule has 0 aromatic carbocycles. The van der Waals surface area contributed by atoms with E-state index in [-0.39, 0.29) is 17.3 Å². The molecule has 1 amide bonds. The Bertz CT molecular complexity index is 324. The van der Waals surface area contributed by atoms with Crippen LogP contribution >= 0.6 is 11.8 Å². The number of piperidine rings is 1.